The van der Waals surface area contributed by atoms with Crippen molar-refractivity contribution in [2.75, 3.05) is 11.9 Å². The third-order valence-electron chi connectivity index (χ3n) is 4.92. The van der Waals surface area contributed by atoms with Gasteiger partial charge in [-0.05, 0) is 30.2 Å². The van der Waals surface area contributed by atoms with Gasteiger partial charge >= 0.3 is 6.09 Å². The molecule has 2 aliphatic heterocycles. The van der Waals surface area contributed by atoms with Gasteiger partial charge < -0.3 is 10.1 Å². The molecule has 126 valence electrons. The molecule has 2 heterocycles. The van der Waals surface area contributed by atoms with Crippen molar-refractivity contribution in [2.45, 2.75) is 24.6 Å². The maximum absolute atomic E-state index is 13.6. The zero-order chi connectivity index (χ0) is 17.4. The van der Waals surface area contributed by atoms with E-state index in [0.717, 1.165) is 5.56 Å². The Morgan fingerprint density at radius 1 is 1.36 bits per heavy atom. The lowest BCUT2D eigenvalue weighted by Crippen LogP contribution is -2.45. The molecule has 0 bridgehead atoms. The van der Waals surface area contributed by atoms with Crippen LogP contribution in [0.25, 0.3) is 0 Å². The van der Waals surface area contributed by atoms with Crippen molar-refractivity contribution >= 4 is 11.8 Å². The summed E-state index contributed by atoms with van der Waals surface area (Å²) in [5, 5.41) is 13.0. The Morgan fingerprint density at radius 2 is 2.16 bits per heavy atom. The summed E-state index contributed by atoms with van der Waals surface area (Å²) in [5.74, 6) is -0.388. The summed E-state index contributed by atoms with van der Waals surface area (Å²) in [6.07, 6.45) is -0.581. The van der Waals surface area contributed by atoms with E-state index in [1.54, 1.807) is 6.07 Å². The molecular formula is C19H16FN3O2. The van der Waals surface area contributed by atoms with E-state index in [0.29, 0.717) is 24.2 Å². The maximum atomic E-state index is 13.6. The minimum absolute atomic E-state index is 0.171. The van der Waals surface area contributed by atoms with Crippen LogP contribution in [0.2, 0.25) is 0 Å². The molecule has 2 atom stereocenters. The second-order valence-electron chi connectivity index (χ2n) is 6.30. The van der Waals surface area contributed by atoms with Gasteiger partial charge in [0.15, 0.2) is 0 Å². The van der Waals surface area contributed by atoms with Crippen molar-refractivity contribution in [3.63, 3.8) is 0 Å². The first kappa shape index (κ1) is 15.5. The average Bonchev–Trinajstić information content (AvgIpc) is 3.15. The van der Waals surface area contributed by atoms with Gasteiger partial charge in [0.2, 0.25) is 0 Å². The number of ether oxygens (including phenoxy) is 1. The minimum Gasteiger partial charge on any atom is -0.444 e. The quantitative estimate of drug-likeness (QED) is 0.912. The molecule has 0 spiro atoms. The smallest absolute Gasteiger partial charge is 0.411 e. The molecule has 0 aliphatic carbocycles. The molecule has 0 saturated carbocycles. The van der Waals surface area contributed by atoms with Crippen LogP contribution in [-0.4, -0.2) is 23.7 Å². The summed E-state index contributed by atoms with van der Waals surface area (Å²) in [6, 6.07) is 16.0. The van der Waals surface area contributed by atoms with E-state index in [-0.39, 0.29) is 12.4 Å². The molecule has 5 nitrogen and oxygen atoms in total. The molecule has 0 unspecified atom stereocenters. The third kappa shape index (κ3) is 2.40. The van der Waals surface area contributed by atoms with E-state index in [2.05, 4.69) is 11.4 Å². The van der Waals surface area contributed by atoms with E-state index >= 15 is 0 Å². The Hall–Kier alpha value is -3.07. The number of nitriles is 1. The molecule has 2 aromatic carbocycles. The molecule has 1 amide bonds. The van der Waals surface area contributed by atoms with Crippen molar-refractivity contribution in [2.24, 2.45) is 0 Å². The van der Waals surface area contributed by atoms with Gasteiger partial charge in [0.1, 0.15) is 24.0 Å². The first-order valence-corrected chi connectivity index (χ1v) is 8.09. The summed E-state index contributed by atoms with van der Waals surface area (Å²) in [5.41, 5.74) is 1.25. The zero-order valence-electron chi connectivity index (χ0n) is 13.4. The molecule has 1 saturated heterocycles. The van der Waals surface area contributed by atoms with Crippen LogP contribution in [0, 0.1) is 17.1 Å². The Kier molecular flexibility index (Phi) is 3.57. The number of amides is 1. The lowest BCUT2D eigenvalue weighted by atomic mass is 9.81. The highest BCUT2D eigenvalue weighted by molar-refractivity contribution is 5.74. The lowest BCUT2D eigenvalue weighted by molar-refractivity contribution is 0.0935. The summed E-state index contributed by atoms with van der Waals surface area (Å²) in [7, 11) is 0. The number of carbonyl (C=O) groups excluding carboxylic acids is 1. The van der Waals surface area contributed by atoms with Gasteiger partial charge in [-0.3, -0.25) is 4.90 Å². The fourth-order valence-corrected chi connectivity index (χ4v) is 3.65. The number of nitrogens with zero attached hydrogens (tertiary/aromatic N) is 2. The Balaban J connectivity index is 1.55. The number of hydrogen-bond acceptors (Lipinski definition) is 4. The van der Waals surface area contributed by atoms with Gasteiger partial charge in [-0.1, -0.05) is 30.3 Å². The van der Waals surface area contributed by atoms with Crippen LogP contribution in [0.4, 0.5) is 14.9 Å². The first-order valence-electron chi connectivity index (χ1n) is 8.09. The predicted octanol–water partition coefficient (Wildman–Crippen LogP) is 3.38. The van der Waals surface area contributed by atoms with Gasteiger partial charge in [-0.15, -0.1) is 0 Å². The van der Waals surface area contributed by atoms with Crippen molar-refractivity contribution in [1.82, 2.24) is 4.90 Å². The number of benzene rings is 2. The Labute approximate surface area is 144 Å². The fraction of sp³-hybridized carbons (Fsp3) is 0.263. The van der Waals surface area contributed by atoms with Crippen LogP contribution in [0.1, 0.15) is 17.5 Å². The molecule has 0 radical (unpaired) electrons. The van der Waals surface area contributed by atoms with Crippen LogP contribution in [0.3, 0.4) is 0 Å². The molecule has 2 aliphatic rings. The fourth-order valence-electron chi connectivity index (χ4n) is 3.65. The van der Waals surface area contributed by atoms with Crippen LogP contribution in [-0.2, 0) is 16.8 Å². The molecule has 2 aromatic rings. The van der Waals surface area contributed by atoms with Crippen molar-refractivity contribution in [3.8, 4) is 6.07 Å². The van der Waals surface area contributed by atoms with Crippen molar-refractivity contribution in [3.05, 3.63) is 65.5 Å². The highest BCUT2D eigenvalue weighted by atomic mass is 19.1. The number of nitrogens with one attached hydrogen (secondary N) is 1. The number of likely N-dealkylation sites (tertiary alicyclic amines) is 1. The predicted molar refractivity (Wildman–Crippen MR) is 89.1 cm³/mol. The molecule has 4 rings (SSSR count). The molecule has 1 N–H and O–H groups in total. The summed E-state index contributed by atoms with van der Waals surface area (Å²) >= 11 is 0. The van der Waals surface area contributed by atoms with Crippen LogP contribution < -0.4 is 5.32 Å². The van der Waals surface area contributed by atoms with Crippen molar-refractivity contribution in [1.29, 1.82) is 5.26 Å². The molecule has 0 aromatic heterocycles. The maximum Gasteiger partial charge on any atom is 0.411 e. The van der Waals surface area contributed by atoms with Crippen LogP contribution >= 0.6 is 0 Å². The summed E-state index contributed by atoms with van der Waals surface area (Å²) in [6.45, 7) is 0.554. The molecule has 6 heteroatoms. The number of hydrogen-bond donors (Lipinski definition) is 1. The van der Waals surface area contributed by atoms with Gasteiger partial charge in [-0.2, -0.15) is 5.26 Å². The zero-order valence-corrected chi connectivity index (χ0v) is 13.4. The standard InChI is InChI=1S/C19H16FN3O2/c20-14-6-7-16-15(10-14)19(12-21)8-9-23(17(19)22-16)18(24)25-11-13-4-2-1-3-5-13/h1-7,10,17,22H,8-9,11H2/t17-,19+/m0/s1. The second kappa shape index (κ2) is 5.78. The van der Waals surface area contributed by atoms with Gasteiger partial charge in [0.05, 0.1) is 6.07 Å². The number of anilines is 1. The van der Waals surface area contributed by atoms with Gasteiger partial charge in [0.25, 0.3) is 0 Å². The van der Waals surface area contributed by atoms with Crippen LogP contribution in [0.15, 0.2) is 48.5 Å². The normalized spacial score (nSPS) is 23.4. The molecule has 25 heavy (non-hydrogen) atoms. The minimum atomic E-state index is -0.941. The third-order valence-corrected chi connectivity index (χ3v) is 4.92. The Bertz CT molecular complexity index is 865. The van der Waals surface area contributed by atoms with E-state index in [4.69, 9.17) is 4.74 Å². The van der Waals surface area contributed by atoms with E-state index in [9.17, 15) is 14.4 Å². The lowest BCUT2D eigenvalue weighted by Gasteiger charge is -2.27. The number of rotatable bonds is 2. The number of carbonyl (C=O) groups is 1. The number of halogens is 1. The van der Waals surface area contributed by atoms with E-state index < -0.39 is 17.7 Å². The summed E-state index contributed by atoms with van der Waals surface area (Å²) in [4.78, 5) is 14.0. The SMILES string of the molecule is N#C[C@@]12CCN(C(=O)OCc3ccccc3)[C@@H]1Nc1ccc(F)cc12. The van der Waals surface area contributed by atoms with Gasteiger partial charge in [0, 0.05) is 17.8 Å². The highest BCUT2D eigenvalue weighted by Gasteiger charge is 2.56. The first-order chi connectivity index (χ1) is 12.1. The van der Waals surface area contributed by atoms with E-state index in [1.807, 2.05) is 30.3 Å². The summed E-state index contributed by atoms with van der Waals surface area (Å²) < 4.78 is 19.0. The van der Waals surface area contributed by atoms with E-state index in [1.165, 1.54) is 17.0 Å². The van der Waals surface area contributed by atoms with Crippen molar-refractivity contribution < 1.29 is 13.9 Å². The second-order valence-corrected chi connectivity index (χ2v) is 6.30. The average molecular weight is 337 g/mol. The Morgan fingerprint density at radius 3 is 2.92 bits per heavy atom. The highest BCUT2D eigenvalue weighted by Crippen LogP contribution is 2.48. The molecule has 1 fully saturated rings. The van der Waals surface area contributed by atoms with Gasteiger partial charge in [-0.25, -0.2) is 9.18 Å². The molecular weight excluding hydrogens is 321 g/mol. The largest absolute Gasteiger partial charge is 0.444 e. The van der Waals surface area contributed by atoms with Crippen LogP contribution in [0.5, 0.6) is 0 Å². The topological polar surface area (TPSA) is 65.4 Å². The number of fused-ring (bicyclic) bond motifs is 3. The monoisotopic (exact) mass is 337 g/mol.